The van der Waals surface area contributed by atoms with Crippen molar-refractivity contribution in [3.05, 3.63) is 0 Å². The van der Waals surface area contributed by atoms with Gasteiger partial charge in [0.1, 0.15) is 0 Å². The maximum atomic E-state index is 12.4. The van der Waals surface area contributed by atoms with E-state index in [0.29, 0.717) is 6.54 Å². The van der Waals surface area contributed by atoms with Crippen LogP contribution in [0.3, 0.4) is 0 Å². The Hall–Kier alpha value is -0.740. The van der Waals surface area contributed by atoms with E-state index >= 15 is 0 Å². The first-order chi connectivity index (χ1) is 6.29. The third-order valence-corrected chi connectivity index (χ3v) is 3.45. The number of alkyl halides is 3. The molecule has 0 aromatic rings. The van der Waals surface area contributed by atoms with Crippen LogP contribution in [0.1, 0.15) is 26.2 Å². The van der Waals surface area contributed by atoms with Gasteiger partial charge >= 0.3 is 6.18 Å². The molecule has 1 N–H and O–H groups in total. The first kappa shape index (κ1) is 9.80. The number of carbonyl (C=O) groups is 1. The fourth-order valence-electron chi connectivity index (χ4n) is 2.80. The molecule has 0 aromatic carbocycles. The largest absolute Gasteiger partial charge is 0.394 e. The Kier molecular flexibility index (Phi) is 1.71. The fourth-order valence-corrected chi connectivity index (χ4v) is 2.80. The molecule has 3 rings (SSSR count). The van der Waals surface area contributed by atoms with Crippen molar-refractivity contribution in [2.75, 3.05) is 6.54 Å². The van der Waals surface area contributed by atoms with Crippen LogP contribution in [0.25, 0.3) is 0 Å². The highest BCUT2D eigenvalue weighted by Crippen LogP contribution is 2.78. The van der Waals surface area contributed by atoms with Crippen LogP contribution in [0.4, 0.5) is 13.2 Å². The number of hydrogen-bond acceptors (Lipinski definition) is 1. The molecule has 0 spiro atoms. The van der Waals surface area contributed by atoms with Crippen molar-refractivity contribution in [2.24, 2.45) is 10.8 Å². The second kappa shape index (κ2) is 2.44. The number of amides is 1. The van der Waals surface area contributed by atoms with E-state index in [9.17, 15) is 18.0 Å². The molecule has 0 aromatic heterocycles. The second-order valence-electron chi connectivity index (χ2n) is 4.72. The van der Waals surface area contributed by atoms with Crippen molar-refractivity contribution in [3.8, 4) is 0 Å². The molecule has 14 heavy (non-hydrogen) atoms. The Labute approximate surface area is 79.9 Å². The first-order valence-corrected chi connectivity index (χ1v) is 4.60. The van der Waals surface area contributed by atoms with Gasteiger partial charge in [0.15, 0.2) is 0 Å². The third-order valence-electron chi connectivity index (χ3n) is 3.45. The lowest BCUT2D eigenvalue weighted by Crippen LogP contribution is -2.70. The van der Waals surface area contributed by atoms with Gasteiger partial charge in [-0.3, -0.25) is 4.79 Å². The first-order valence-electron chi connectivity index (χ1n) is 4.60. The minimum atomic E-state index is -4.05. The molecule has 0 saturated heterocycles. The lowest BCUT2D eigenvalue weighted by atomic mass is 9.35. The summed E-state index contributed by atoms with van der Waals surface area (Å²) in [4.78, 5) is 10.6. The van der Waals surface area contributed by atoms with Crippen molar-refractivity contribution in [3.63, 3.8) is 0 Å². The molecule has 2 bridgehead atoms. The summed E-state index contributed by atoms with van der Waals surface area (Å²) in [5.74, 6) is -0.171. The minimum absolute atomic E-state index is 0.171. The molecule has 2 nitrogen and oxygen atoms in total. The number of rotatable bonds is 2. The van der Waals surface area contributed by atoms with Crippen molar-refractivity contribution in [2.45, 2.75) is 32.4 Å². The standard InChI is InChI=1S/C9H12F3NO/c1-6(14)13-5-7-2-8(3-7,4-7)9(10,11)12/h2-5H2,1H3,(H,13,14). The molecule has 1 amide bonds. The SMILES string of the molecule is CC(=O)NCC12CC(C(F)(F)F)(C1)C2. The van der Waals surface area contributed by atoms with Crippen LogP contribution < -0.4 is 5.32 Å². The molecular weight excluding hydrogens is 195 g/mol. The molecule has 0 atom stereocenters. The van der Waals surface area contributed by atoms with Crippen molar-refractivity contribution in [1.82, 2.24) is 5.32 Å². The number of halogens is 3. The Morgan fingerprint density at radius 3 is 2.21 bits per heavy atom. The zero-order chi connectivity index (χ0) is 10.6. The smallest absolute Gasteiger partial charge is 0.356 e. The average Bonchev–Trinajstić information content (AvgIpc) is 1.76. The zero-order valence-corrected chi connectivity index (χ0v) is 7.87. The predicted molar refractivity (Wildman–Crippen MR) is 43.5 cm³/mol. The van der Waals surface area contributed by atoms with E-state index < -0.39 is 11.6 Å². The zero-order valence-electron chi connectivity index (χ0n) is 7.87. The minimum Gasteiger partial charge on any atom is -0.356 e. The molecule has 0 heterocycles. The van der Waals surface area contributed by atoms with Crippen LogP contribution in [-0.4, -0.2) is 18.6 Å². The summed E-state index contributed by atoms with van der Waals surface area (Å²) >= 11 is 0. The fraction of sp³-hybridized carbons (Fsp3) is 0.889. The van der Waals surface area contributed by atoms with Crippen molar-refractivity contribution < 1.29 is 18.0 Å². The molecule has 3 aliphatic carbocycles. The summed E-state index contributed by atoms with van der Waals surface area (Å²) in [5.41, 5.74) is -1.63. The summed E-state index contributed by atoms with van der Waals surface area (Å²) < 4.78 is 37.2. The quantitative estimate of drug-likeness (QED) is 0.735. The Balaban J connectivity index is 1.86. The summed E-state index contributed by atoms with van der Waals surface area (Å²) in [6.45, 7) is 1.78. The summed E-state index contributed by atoms with van der Waals surface area (Å²) in [6, 6.07) is 0. The van der Waals surface area contributed by atoms with E-state index in [1.807, 2.05) is 0 Å². The van der Waals surface area contributed by atoms with E-state index in [2.05, 4.69) is 5.32 Å². The monoisotopic (exact) mass is 207 g/mol. The van der Waals surface area contributed by atoms with Gasteiger partial charge in [-0.2, -0.15) is 13.2 Å². The highest BCUT2D eigenvalue weighted by Gasteiger charge is 2.77. The average molecular weight is 207 g/mol. The molecule has 0 radical (unpaired) electrons. The van der Waals surface area contributed by atoms with Gasteiger partial charge < -0.3 is 5.32 Å². The van der Waals surface area contributed by atoms with Gasteiger partial charge in [0.05, 0.1) is 5.41 Å². The topological polar surface area (TPSA) is 29.1 Å². The molecule has 5 heteroatoms. The van der Waals surface area contributed by atoms with Gasteiger partial charge in [-0.05, 0) is 24.7 Å². The normalized spacial score (nSPS) is 39.7. The maximum Gasteiger partial charge on any atom is 0.394 e. The van der Waals surface area contributed by atoms with Gasteiger partial charge in [0, 0.05) is 13.5 Å². The molecular formula is C9H12F3NO. The lowest BCUT2D eigenvalue weighted by molar-refractivity contribution is -0.360. The van der Waals surface area contributed by atoms with Crippen LogP contribution in [0.15, 0.2) is 0 Å². The van der Waals surface area contributed by atoms with Crippen LogP contribution in [-0.2, 0) is 4.79 Å². The highest BCUT2D eigenvalue weighted by molar-refractivity contribution is 5.72. The molecule has 3 aliphatic rings. The molecule has 0 aliphatic heterocycles. The summed E-state index contributed by atoms with van der Waals surface area (Å²) in [7, 11) is 0. The molecule has 0 unspecified atom stereocenters. The van der Waals surface area contributed by atoms with E-state index in [1.165, 1.54) is 6.92 Å². The van der Waals surface area contributed by atoms with Gasteiger partial charge in [-0.25, -0.2) is 0 Å². The maximum absolute atomic E-state index is 12.4. The van der Waals surface area contributed by atoms with Crippen LogP contribution in [0, 0.1) is 10.8 Å². The van der Waals surface area contributed by atoms with Crippen LogP contribution in [0.5, 0.6) is 0 Å². The summed E-state index contributed by atoms with van der Waals surface area (Å²) in [5, 5.41) is 2.59. The lowest BCUT2D eigenvalue weighted by Gasteiger charge is -2.70. The summed E-state index contributed by atoms with van der Waals surface area (Å²) in [6.07, 6.45) is -3.46. The van der Waals surface area contributed by atoms with Crippen LogP contribution >= 0.6 is 0 Å². The van der Waals surface area contributed by atoms with E-state index in [-0.39, 0.29) is 30.6 Å². The number of carbonyl (C=O) groups excluding carboxylic acids is 1. The Morgan fingerprint density at radius 2 is 1.86 bits per heavy atom. The molecule has 80 valence electrons. The predicted octanol–water partition coefficient (Wildman–Crippen LogP) is 1.86. The van der Waals surface area contributed by atoms with Gasteiger partial charge in [0.25, 0.3) is 0 Å². The van der Waals surface area contributed by atoms with E-state index in [0.717, 1.165) is 0 Å². The van der Waals surface area contributed by atoms with Gasteiger partial charge in [-0.15, -0.1) is 0 Å². The van der Waals surface area contributed by atoms with Gasteiger partial charge in [0.2, 0.25) is 5.91 Å². The Bertz CT molecular complexity index is 264. The van der Waals surface area contributed by atoms with Crippen molar-refractivity contribution in [1.29, 1.82) is 0 Å². The van der Waals surface area contributed by atoms with Crippen molar-refractivity contribution >= 4 is 5.91 Å². The highest BCUT2D eigenvalue weighted by atomic mass is 19.4. The number of hydrogen-bond donors (Lipinski definition) is 1. The van der Waals surface area contributed by atoms with Gasteiger partial charge in [-0.1, -0.05) is 0 Å². The third kappa shape index (κ3) is 1.14. The van der Waals surface area contributed by atoms with E-state index in [4.69, 9.17) is 0 Å². The molecule has 3 fully saturated rings. The number of nitrogens with one attached hydrogen (secondary N) is 1. The Morgan fingerprint density at radius 1 is 1.36 bits per heavy atom. The molecule has 3 saturated carbocycles. The van der Waals surface area contributed by atoms with Crippen LogP contribution in [0.2, 0.25) is 0 Å². The second-order valence-corrected chi connectivity index (χ2v) is 4.72. The van der Waals surface area contributed by atoms with E-state index in [1.54, 1.807) is 0 Å².